The molecule has 2 atom stereocenters. The third-order valence-electron chi connectivity index (χ3n) is 4.71. The predicted octanol–water partition coefficient (Wildman–Crippen LogP) is 0.602. The van der Waals surface area contributed by atoms with E-state index in [9.17, 15) is 19.7 Å². The lowest BCUT2D eigenvalue weighted by Gasteiger charge is -2.31. The van der Waals surface area contributed by atoms with Crippen LogP contribution in [0.4, 0.5) is 0 Å². The number of piperidine rings is 1. The topological polar surface area (TPSA) is 105 Å². The molecular weight excluding hydrogens is 312 g/mol. The van der Waals surface area contributed by atoms with Crippen LogP contribution < -0.4 is 5.32 Å². The monoisotopic (exact) mass is 332 g/mol. The summed E-state index contributed by atoms with van der Waals surface area (Å²) in [5, 5.41) is 13.6. The quantitative estimate of drug-likeness (QED) is 0.628. The fourth-order valence-electron chi connectivity index (χ4n) is 3.11. The van der Waals surface area contributed by atoms with E-state index < -0.39 is 12.0 Å². The van der Waals surface area contributed by atoms with Crippen LogP contribution in [0.5, 0.6) is 0 Å². The Hall–Kier alpha value is -2.51. The van der Waals surface area contributed by atoms with Gasteiger partial charge < -0.3 is 10.2 Å². The molecule has 2 unspecified atom stereocenters. The molecule has 24 heavy (non-hydrogen) atoms. The van der Waals surface area contributed by atoms with E-state index in [-0.39, 0.29) is 22.7 Å². The summed E-state index contributed by atoms with van der Waals surface area (Å²) in [6.45, 7) is 1.42. The Balaban J connectivity index is 1.42. The number of nitro groups is 1. The van der Waals surface area contributed by atoms with Gasteiger partial charge in [-0.05, 0) is 24.5 Å². The van der Waals surface area contributed by atoms with Gasteiger partial charge in [0.15, 0.2) is 0 Å². The first-order valence-corrected chi connectivity index (χ1v) is 8.15. The lowest BCUT2D eigenvalue weighted by atomic mass is 9.95. The maximum absolute atomic E-state index is 12.2. The molecule has 1 N–H and O–H groups in total. The summed E-state index contributed by atoms with van der Waals surface area (Å²) in [6.07, 6.45) is 4.93. The van der Waals surface area contributed by atoms with Gasteiger partial charge in [0.25, 0.3) is 0 Å². The Labute approximate surface area is 139 Å². The highest BCUT2D eigenvalue weighted by Crippen LogP contribution is 2.35. The summed E-state index contributed by atoms with van der Waals surface area (Å²) >= 11 is 0. The van der Waals surface area contributed by atoms with Gasteiger partial charge in [-0.3, -0.25) is 24.7 Å². The number of nitrogens with one attached hydrogen (secondary N) is 1. The highest BCUT2D eigenvalue weighted by Gasteiger charge is 2.54. The maximum Gasteiger partial charge on any atom is 0.232 e. The first-order chi connectivity index (χ1) is 11.6. The van der Waals surface area contributed by atoms with Gasteiger partial charge in [0, 0.05) is 49.3 Å². The van der Waals surface area contributed by atoms with Crippen LogP contribution in [0, 0.1) is 22.0 Å². The Bertz CT molecular complexity index is 628. The van der Waals surface area contributed by atoms with Gasteiger partial charge in [-0.25, -0.2) is 0 Å². The zero-order valence-corrected chi connectivity index (χ0v) is 13.3. The molecule has 1 saturated carbocycles. The number of carbonyl (C=O) groups is 2. The van der Waals surface area contributed by atoms with E-state index >= 15 is 0 Å². The van der Waals surface area contributed by atoms with Crippen LogP contribution in [-0.4, -0.2) is 45.8 Å². The number of rotatable bonds is 5. The Morgan fingerprint density at radius 2 is 2.12 bits per heavy atom. The van der Waals surface area contributed by atoms with Crippen LogP contribution in [0.25, 0.3) is 0 Å². The molecule has 0 radical (unpaired) electrons. The fourth-order valence-corrected chi connectivity index (χ4v) is 3.11. The molecule has 1 saturated heterocycles. The maximum atomic E-state index is 12.2. The minimum absolute atomic E-state index is 0.0134. The minimum Gasteiger partial charge on any atom is -0.352 e. The van der Waals surface area contributed by atoms with E-state index in [1.165, 1.54) is 0 Å². The first kappa shape index (κ1) is 16.4. The van der Waals surface area contributed by atoms with Crippen molar-refractivity contribution in [3.63, 3.8) is 0 Å². The molecule has 0 aromatic carbocycles. The number of nitrogens with zero attached hydrogens (tertiary/aromatic N) is 3. The summed E-state index contributed by atoms with van der Waals surface area (Å²) in [4.78, 5) is 40.3. The van der Waals surface area contributed by atoms with Gasteiger partial charge in [0.2, 0.25) is 17.9 Å². The van der Waals surface area contributed by atoms with E-state index in [2.05, 4.69) is 10.3 Å². The average Bonchev–Trinajstić information content (AvgIpc) is 3.41. The number of hydrogen-bond acceptors (Lipinski definition) is 5. The molecule has 0 spiro atoms. The molecule has 1 aromatic rings. The summed E-state index contributed by atoms with van der Waals surface area (Å²) in [5.74, 6) is -0.723. The van der Waals surface area contributed by atoms with Gasteiger partial charge in [-0.1, -0.05) is 6.07 Å². The largest absolute Gasteiger partial charge is 0.352 e. The molecule has 0 bridgehead atoms. The lowest BCUT2D eigenvalue weighted by Crippen LogP contribution is -2.43. The summed E-state index contributed by atoms with van der Waals surface area (Å²) in [6, 6.07) is 3.01. The Morgan fingerprint density at radius 1 is 1.38 bits per heavy atom. The molecule has 128 valence electrons. The number of pyridine rings is 1. The Morgan fingerprint density at radius 3 is 2.71 bits per heavy atom. The molecule has 2 heterocycles. The van der Waals surface area contributed by atoms with E-state index in [1.54, 1.807) is 17.3 Å². The van der Waals surface area contributed by atoms with Crippen molar-refractivity contribution in [2.45, 2.75) is 31.8 Å². The SMILES string of the molecule is O=C(NCc1cccnc1)C1CCN(C(=O)C2CC2[N+](=O)[O-])CC1. The molecule has 1 aromatic heterocycles. The second kappa shape index (κ2) is 6.94. The third-order valence-corrected chi connectivity index (χ3v) is 4.71. The van der Waals surface area contributed by atoms with Crippen LogP contribution in [0.1, 0.15) is 24.8 Å². The highest BCUT2D eigenvalue weighted by atomic mass is 16.6. The molecule has 8 nitrogen and oxygen atoms in total. The second-order valence-electron chi connectivity index (χ2n) is 6.37. The number of hydrogen-bond donors (Lipinski definition) is 1. The van der Waals surface area contributed by atoms with Crippen LogP contribution >= 0.6 is 0 Å². The minimum atomic E-state index is -0.710. The lowest BCUT2D eigenvalue weighted by molar-refractivity contribution is -0.497. The highest BCUT2D eigenvalue weighted by molar-refractivity contribution is 5.83. The van der Waals surface area contributed by atoms with Crippen molar-refractivity contribution in [3.8, 4) is 0 Å². The summed E-state index contributed by atoms with van der Waals surface area (Å²) < 4.78 is 0. The van der Waals surface area contributed by atoms with E-state index in [0.29, 0.717) is 38.9 Å². The van der Waals surface area contributed by atoms with Crippen LogP contribution in [0.3, 0.4) is 0 Å². The van der Waals surface area contributed by atoms with E-state index in [0.717, 1.165) is 5.56 Å². The average molecular weight is 332 g/mol. The molecule has 3 rings (SSSR count). The van der Waals surface area contributed by atoms with Crippen molar-refractivity contribution in [2.24, 2.45) is 11.8 Å². The molecule has 2 aliphatic rings. The van der Waals surface area contributed by atoms with Crippen molar-refractivity contribution in [2.75, 3.05) is 13.1 Å². The molecule has 8 heteroatoms. The molecule has 2 fully saturated rings. The van der Waals surface area contributed by atoms with Crippen LogP contribution in [0.15, 0.2) is 24.5 Å². The van der Waals surface area contributed by atoms with Crippen molar-refractivity contribution in [1.82, 2.24) is 15.2 Å². The predicted molar refractivity (Wildman–Crippen MR) is 84.3 cm³/mol. The van der Waals surface area contributed by atoms with Gasteiger partial charge in [-0.15, -0.1) is 0 Å². The van der Waals surface area contributed by atoms with Gasteiger partial charge in [0.1, 0.15) is 5.92 Å². The van der Waals surface area contributed by atoms with Crippen molar-refractivity contribution >= 4 is 11.8 Å². The standard InChI is InChI=1S/C16H20N4O4/c21-15(18-10-11-2-1-5-17-9-11)12-3-6-19(7-4-12)16(22)13-8-14(13)20(23)24/h1-2,5,9,12-14H,3-4,6-8,10H2,(H,18,21). The zero-order chi connectivity index (χ0) is 17.1. The molecule has 1 aliphatic carbocycles. The molecule has 1 aliphatic heterocycles. The summed E-state index contributed by atoms with van der Waals surface area (Å²) in [5.41, 5.74) is 0.943. The van der Waals surface area contributed by atoms with Crippen molar-refractivity contribution in [1.29, 1.82) is 0 Å². The normalized spacial score (nSPS) is 23.6. The molecular formula is C16H20N4O4. The molecule has 2 amide bonds. The van der Waals surface area contributed by atoms with Crippen molar-refractivity contribution in [3.05, 3.63) is 40.2 Å². The van der Waals surface area contributed by atoms with E-state index in [1.807, 2.05) is 12.1 Å². The van der Waals surface area contributed by atoms with Gasteiger partial charge in [-0.2, -0.15) is 0 Å². The zero-order valence-electron chi connectivity index (χ0n) is 13.3. The number of carbonyl (C=O) groups excluding carboxylic acids is 2. The Kier molecular flexibility index (Phi) is 4.73. The van der Waals surface area contributed by atoms with Crippen LogP contribution in [0.2, 0.25) is 0 Å². The van der Waals surface area contributed by atoms with E-state index in [4.69, 9.17) is 0 Å². The smallest absolute Gasteiger partial charge is 0.232 e. The first-order valence-electron chi connectivity index (χ1n) is 8.15. The van der Waals surface area contributed by atoms with Gasteiger partial charge >= 0.3 is 0 Å². The van der Waals surface area contributed by atoms with Crippen molar-refractivity contribution < 1.29 is 14.5 Å². The summed E-state index contributed by atoms with van der Waals surface area (Å²) in [7, 11) is 0. The van der Waals surface area contributed by atoms with Crippen LogP contribution in [-0.2, 0) is 16.1 Å². The van der Waals surface area contributed by atoms with Gasteiger partial charge in [0.05, 0.1) is 0 Å². The number of amides is 2. The number of aromatic nitrogens is 1. The fraction of sp³-hybridized carbons (Fsp3) is 0.562. The third kappa shape index (κ3) is 3.69. The second-order valence-corrected chi connectivity index (χ2v) is 6.37. The number of likely N-dealkylation sites (tertiary alicyclic amines) is 1.